The molecule has 1 saturated heterocycles. The number of thioether (sulfide) groups is 1. The van der Waals surface area contributed by atoms with Gasteiger partial charge >= 0.3 is 0 Å². The van der Waals surface area contributed by atoms with Gasteiger partial charge in [-0.1, -0.05) is 42.1 Å². The SMILES string of the molecule is Cc1ccccc1-n1c(C)nnc1SCc1cccc(C(=O)N2CCCCC2)c1. The van der Waals surface area contributed by atoms with E-state index in [1.165, 1.54) is 12.0 Å². The average Bonchev–Trinajstić information content (AvgIpc) is 3.13. The van der Waals surface area contributed by atoms with Gasteiger partial charge in [-0.2, -0.15) is 0 Å². The Labute approximate surface area is 176 Å². The largest absolute Gasteiger partial charge is 0.339 e. The average molecular weight is 407 g/mol. The number of aryl methyl sites for hydroxylation is 2. The van der Waals surface area contributed by atoms with Crippen LogP contribution in [0.25, 0.3) is 5.69 Å². The predicted octanol–water partition coefficient (Wildman–Crippen LogP) is 4.80. The summed E-state index contributed by atoms with van der Waals surface area (Å²) in [6.45, 7) is 5.81. The van der Waals surface area contributed by atoms with E-state index in [0.717, 1.165) is 59.5 Å². The van der Waals surface area contributed by atoms with Gasteiger partial charge in [-0.05, 0) is 62.4 Å². The van der Waals surface area contributed by atoms with E-state index in [4.69, 9.17) is 0 Å². The van der Waals surface area contributed by atoms with Crippen LogP contribution in [0.1, 0.15) is 46.6 Å². The second kappa shape index (κ2) is 8.82. The van der Waals surface area contributed by atoms with Crippen LogP contribution < -0.4 is 0 Å². The predicted molar refractivity (Wildman–Crippen MR) is 117 cm³/mol. The van der Waals surface area contributed by atoms with Crippen LogP contribution in [0, 0.1) is 13.8 Å². The third kappa shape index (κ3) is 4.37. The summed E-state index contributed by atoms with van der Waals surface area (Å²) in [4.78, 5) is 14.8. The number of carbonyl (C=O) groups is 1. The zero-order chi connectivity index (χ0) is 20.2. The van der Waals surface area contributed by atoms with E-state index in [2.05, 4.69) is 39.9 Å². The molecule has 0 spiro atoms. The van der Waals surface area contributed by atoms with Gasteiger partial charge in [0.15, 0.2) is 5.16 Å². The van der Waals surface area contributed by atoms with E-state index >= 15 is 0 Å². The maximum Gasteiger partial charge on any atom is 0.253 e. The van der Waals surface area contributed by atoms with E-state index in [1.807, 2.05) is 42.2 Å². The molecule has 6 heteroatoms. The van der Waals surface area contributed by atoms with Crippen LogP contribution in [-0.2, 0) is 5.75 Å². The Morgan fingerprint density at radius 2 is 1.79 bits per heavy atom. The Balaban J connectivity index is 1.51. The second-order valence-corrected chi connectivity index (χ2v) is 8.44. The number of piperidine rings is 1. The lowest BCUT2D eigenvalue weighted by atomic mass is 10.1. The first-order valence-electron chi connectivity index (χ1n) is 10.1. The number of para-hydroxylation sites is 1. The van der Waals surface area contributed by atoms with Crippen LogP contribution in [0.2, 0.25) is 0 Å². The van der Waals surface area contributed by atoms with Crippen LogP contribution >= 0.6 is 11.8 Å². The third-order valence-corrected chi connectivity index (χ3v) is 6.34. The molecule has 150 valence electrons. The van der Waals surface area contributed by atoms with Gasteiger partial charge < -0.3 is 4.90 Å². The molecular formula is C23H26N4OS. The minimum Gasteiger partial charge on any atom is -0.339 e. The summed E-state index contributed by atoms with van der Waals surface area (Å²) in [6.07, 6.45) is 3.44. The van der Waals surface area contributed by atoms with Gasteiger partial charge in [0.2, 0.25) is 0 Å². The number of likely N-dealkylation sites (tertiary alicyclic amines) is 1. The molecule has 2 heterocycles. The van der Waals surface area contributed by atoms with Gasteiger partial charge in [0.1, 0.15) is 5.82 Å². The van der Waals surface area contributed by atoms with Crippen molar-refractivity contribution >= 4 is 17.7 Å². The molecule has 0 atom stereocenters. The number of amides is 1. The standard InChI is InChI=1S/C23H26N4OS/c1-17-9-4-5-12-21(17)27-18(2)24-25-23(27)29-16-19-10-8-11-20(15-19)22(28)26-13-6-3-7-14-26/h4-5,8-12,15H,3,6-7,13-14,16H2,1-2H3. The van der Waals surface area contributed by atoms with Crippen molar-refractivity contribution in [3.05, 3.63) is 71.0 Å². The summed E-state index contributed by atoms with van der Waals surface area (Å²) in [5, 5.41) is 9.53. The fraction of sp³-hybridized carbons (Fsp3) is 0.348. The van der Waals surface area contributed by atoms with Gasteiger partial charge in [-0.15, -0.1) is 10.2 Å². The molecule has 4 rings (SSSR count). The first-order chi connectivity index (χ1) is 14.1. The van der Waals surface area contributed by atoms with Gasteiger partial charge in [0.25, 0.3) is 5.91 Å². The Morgan fingerprint density at radius 1 is 1.00 bits per heavy atom. The minimum atomic E-state index is 0.149. The van der Waals surface area contributed by atoms with E-state index in [9.17, 15) is 4.79 Å². The number of hydrogen-bond acceptors (Lipinski definition) is 4. The van der Waals surface area contributed by atoms with Gasteiger partial charge in [0.05, 0.1) is 5.69 Å². The number of hydrogen-bond donors (Lipinski definition) is 0. The lowest BCUT2D eigenvalue weighted by molar-refractivity contribution is 0.0724. The maximum absolute atomic E-state index is 12.8. The first kappa shape index (κ1) is 19.7. The van der Waals surface area contributed by atoms with Gasteiger partial charge in [0, 0.05) is 24.4 Å². The number of benzene rings is 2. The number of aromatic nitrogens is 3. The molecule has 2 aromatic carbocycles. The minimum absolute atomic E-state index is 0.149. The van der Waals surface area contributed by atoms with Crippen molar-refractivity contribution in [3.8, 4) is 5.69 Å². The highest BCUT2D eigenvalue weighted by Crippen LogP contribution is 2.27. The van der Waals surface area contributed by atoms with Crippen molar-refractivity contribution in [1.29, 1.82) is 0 Å². The molecule has 0 radical (unpaired) electrons. The normalized spacial score (nSPS) is 14.2. The van der Waals surface area contributed by atoms with Crippen LogP contribution in [0.15, 0.2) is 53.7 Å². The summed E-state index contributed by atoms with van der Waals surface area (Å²) >= 11 is 1.64. The topological polar surface area (TPSA) is 51.0 Å². The molecule has 1 aliphatic rings. The van der Waals surface area contributed by atoms with Crippen LogP contribution in [0.5, 0.6) is 0 Å². The van der Waals surface area contributed by atoms with Gasteiger partial charge in [-0.3, -0.25) is 9.36 Å². The fourth-order valence-electron chi connectivity index (χ4n) is 3.75. The molecule has 0 unspecified atom stereocenters. The maximum atomic E-state index is 12.8. The number of rotatable bonds is 5. The lowest BCUT2D eigenvalue weighted by Gasteiger charge is -2.26. The van der Waals surface area contributed by atoms with Crippen molar-refractivity contribution in [2.75, 3.05) is 13.1 Å². The first-order valence-corrected chi connectivity index (χ1v) is 11.1. The van der Waals surface area contributed by atoms with Gasteiger partial charge in [-0.25, -0.2) is 0 Å². The van der Waals surface area contributed by atoms with E-state index in [0.29, 0.717) is 0 Å². The summed E-state index contributed by atoms with van der Waals surface area (Å²) in [5.74, 6) is 1.76. The summed E-state index contributed by atoms with van der Waals surface area (Å²) in [7, 11) is 0. The van der Waals surface area contributed by atoms with E-state index in [-0.39, 0.29) is 5.91 Å². The van der Waals surface area contributed by atoms with Crippen LogP contribution in [-0.4, -0.2) is 38.7 Å². The zero-order valence-corrected chi connectivity index (χ0v) is 17.8. The molecule has 5 nitrogen and oxygen atoms in total. The molecule has 1 amide bonds. The molecular weight excluding hydrogens is 380 g/mol. The second-order valence-electron chi connectivity index (χ2n) is 7.49. The number of carbonyl (C=O) groups excluding carboxylic acids is 1. The molecule has 3 aromatic rings. The Bertz CT molecular complexity index is 1010. The summed E-state index contributed by atoms with van der Waals surface area (Å²) in [5.41, 5.74) is 4.19. The highest BCUT2D eigenvalue weighted by atomic mass is 32.2. The molecule has 1 fully saturated rings. The Kier molecular flexibility index (Phi) is 6.00. The van der Waals surface area contributed by atoms with Crippen LogP contribution in [0.4, 0.5) is 0 Å². The highest BCUT2D eigenvalue weighted by Gasteiger charge is 2.18. The smallest absolute Gasteiger partial charge is 0.253 e. The van der Waals surface area contributed by atoms with Crippen molar-refractivity contribution < 1.29 is 4.79 Å². The third-order valence-electron chi connectivity index (χ3n) is 5.34. The quantitative estimate of drug-likeness (QED) is 0.571. The van der Waals surface area contributed by atoms with Crippen molar-refractivity contribution in [1.82, 2.24) is 19.7 Å². The monoisotopic (exact) mass is 406 g/mol. The van der Waals surface area contributed by atoms with E-state index in [1.54, 1.807) is 11.8 Å². The molecule has 1 aromatic heterocycles. The highest BCUT2D eigenvalue weighted by molar-refractivity contribution is 7.98. The Morgan fingerprint density at radius 3 is 2.59 bits per heavy atom. The van der Waals surface area contributed by atoms with E-state index < -0.39 is 0 Å². The molecule has 0 aliphatic carbocycles. The summed E-state index contributed by atoms with van der Waals surface area (Å²) < 4.78 is 2.10. The molecule has 0 bridgehead atoms. The molecule has 29 heavy (non-hydrogen) atoms. The van der Waals surface area contributed by atoms with Crippen LogP contribution in [0.3, 0.4) is 0 Å². The van der Waals surface area contributed by atoms with Crippen molar-refractivity contribution in [3.63, 3.8) is 0 Å². The zero-order valence-electron chi connectivity index (χ0n) is 17.0. The molecule has 1 aliphatic heterocycles. The molecule has 0 saturated carbocycles. The number of nitrogens with zero attached hydrogens (tertiary/aromatic N) is 4. The fourth-order valence-corrected chi connectivity index (χ4v) is 4.68. The Hall–Kier alpha value is -2.60. The van der Waals surface area contributed by atoms with Crippen molar-refractivity contribution in [2.24, 2.45) is 0 Å². The molecule has 0 N–H and O–H groups in total. The van der Waals surface area contributed by atoms with Crippen molar-refractivity contribution in [2.45, 2.75) is 44.0 Å². The summed E-state index contributed by atoms with van der Waals surface area (Å²) in [6, 6.07) is 16.2. The lowest BCUT2D eigenvalue weighted by Crippen LogP contribution is -2.35.